The van der Waals surface area contributed by atoms with E-state index in [1.165, 1.54) is 11.8 Å². The molecule has 0 saturated heterocycles. The zero-order chi connectivity index (χ0) is 14.5. The number of thioether (sulfide) groups is 1. The predicted octanol–water partition coefficient (Wildman–Crippen LogP) is 1.86. The summed E-state index contributed by atoms with van der Waals surface area (Å²) in [5.41, 5.74) is 0. The Morgan fingerprint density at radius 2 is 2.38 bits per heavy atom. The third-order valence-electron chi connectivity index (χ3n) is 2.65. The van der Waals surface area contributed by atoms with E-state index in [0.29, 0.717) is 36.4 Å². The van der Waals surface area contributed by atoms with Gasteiger partial charge >= 0.3 is 0 Å². The van der Waals surface area contributed by atoms with Crippen molar-refractivity contribution in [2.24, 2.45) is 0 Å². The molecule has 3 aromatic heterocycles. The molecule has 0 fully saturated rings. The van der Waals surface area contributed by atoms with Gasteiger partial charge in [-0.1, -0.05) is 16.9 Å². The lowest BCUT2D eigenvalue weighted by molar-refractivity contribution is 0.184. The summed E-state index contributed by atoms with van der Waals surface area (Å²) in [5.74, 6) is 2.04. The first-order valence-electron chi connectivity index (χ1n) is 6.23. The van der Waals surface area contributed by atoms with E-state index in [1.807, 2.05) is 4.57 Å². The number of nitrogens with zero attached hydrogens (tertiary/aromatic N) is 5. The number of hydrogen-bond donors (Lipinski definition) is 0. The SMILES string of the molecule is COCCn1cnnc1SCc1nc(-c2ccco2)no1. The summed E-state index contributed by atoms with van der Waals surface area (Å²) in [6.07, 6.45) is 3.24. The highest BCUT2D eigenvalue weighted by atomic mass is 32.2. The van der Waals surface area contributed by atoms with Gasteiger partial charge in [-0.2, -0.15) is 4.98 Å². The smallest absolute Gasteiger partial charge is 0.238 e. The Bertz CT molecular complexity index is 679. The minimum Gasteiger partial charge on any atom is -0.461 e. The molecule has 0 unspecified atom stereocenters. The highest BCUT2D eigenvalue weighted by Gasteiger charge is 2.12. The van der Waals surface area contributed by atoms with Crippen molar-refractivity contribution in [1.29, 1.82) is 0 Å². The maximum atomic E-state index is 5.21. The molecular formula is C12H13N5O3S. The van der Waals surface area contributed by atoms with E-state index < -0.39 is 0 Å². The first-order chi connectivity index (χ1) is 10.4. The fourth-order valence-electron chi connectivity index (χ4n) is 1.64. The molecule has 3 heterocycles. The summed E-state index contributed by atoms with van der Waals surface area (Å²) >= 11 is 1.47. The molecule has 0 N–H and O–H groups in total. The summed E-state index contributed by atoms with van der Waals surface area (Å²) in [4.78, 5) is 4.27. The summed E-state index contributed by atoms with van der Waals surface area (Å²) in [6, 6.07) is 3.56. The average molecular weight is 307 g/mol. The number of methoxy groups -OCH3 is 1. The van der Waals surface area contributed by atoms with Crippen LogP contribution in [0.4, 0.5) is 0 Å². The van der Waals surface area contributed by atoms with E-state index in [2.05, 4.69) is 20.3 Å². The molecule has 0 saturated carbocycles. The summed E-state index contributed by atoms with van der Waals surface area (Å²) in [6.45, 7) is 1.31. The van der Waals surface area contributed by atoms with Crippen LogP contribution in [0, 0.1) is 0 Å². The van der Waals surface area contributed by atoms with Gasteiger partial charge in [-0.15, -0.1) is 10.2 Å². The molecule has 0 aliphatic carbocycles. The summed E-state index contributed by atoms with van der Waals surface area (Å²) in [5, 5.41) is 12.6. The second kappa shape index (κ2) is 6.55. The Labute approximate surface area is 124 Å². The molecule has 0 amide bonds. The molecule has 8 nitrogen and oxygen atoms in total. The number of ether oxygens (including phenoxy) is 1. The predicted molar refractivity (Wildman–Crippen MR) is 73.5 cm³/mol. The zero-order valence-electron chi connectivity index (χ0n) is 11.3. The fraction of sp³-hybridized carbons (Fsp3) is 0.333. The van der Waals surface area contributed by atoms with Crippen LogP contribution in [-0.4, -0.2) is 38.6 Å². The van der Waals surface area contributed by atoms with Crippen LogP contribution in [0.25, 0.3) is 11.6 Å². The average Bonchev–Trinajstić information content (AvgIpc) is 3.22. The van der Waals surface area contributed by atoms with Crippen molar-refractivity contribution in [3.8, 4) is 11.6 Å². The van der Waals surface area contributed by atoms with Gasteiger partial charge < -0.3 is 18.2 Å². The van der Waals surface area contributed by atoms with Gasteiger partial charge in [-0.25, -0.2) is 0 Å². The molecule has 21 heavy (non-hydrogen) atoms. The van der Waals surface area contributed by atoms with Crippen LogP contribution >= 0.6 is 11.8 Å². The highest BCUT2D eigenvalue weighted by molar-refractivity contribution is 7.98. The Balaban J connectivity index is 1.62. The molecule has 0 aromatic carbocycles. The van der Waals surface area contributed by atoms with Crippen molar-refractivity contribution in [1.82, 2.24) is 24.9 Å². The van der Waals surface area contributed by atoms with Crippen LogP contribution in [0.1, 0.15) is 5.89 Å². The lowest BCUT2D eigenvalue weighted by Crippen LogP contribution is -2.04. The monoisotopic (exact) mass is 307 g/mol. The Morgan fingerprint density at radius 1 is 1.43 bits per heavy atom. The third kappa shape index (κ3) is 3.31. The maximum Gasteiger partial charge on any atom is 0.238 e. The van der Waals surface area contributed by atoms with Crippen molar-refractivity contribution in [2.45, 2.75) is 17.5 Å². The van der Waals surface area contributed by atoms with Gasteiger partial charge in [0.25, 0.3) is 0 Å². The molecular weight excluding hydrogens is 294 g/mol. The van der Waals surface area contributed by atoms with E-state index in [9.17, 15) is 0 Å². The molecule has 0 spiro atoms. The maximum absolute atomic E-state index is 5.21. The van der Waals surface area contributed by atoms with E-state index in [0.717, 1.165) is 5.16 Å². The van der Waals surface area contributed by atoms with Crippen LogP contribution in [0.5, 0.6) is 0 Å². The normalized spacial score (nSPS) is 11.1. The van der Waals surface area contributed by atoms with Crippen LogP contribution in [0.15, 0.2) is 38.8 Å². The third-order valence-corrected chi connectivity index (χ3v) is 3.62. The minimum absolute atomic E-state index is 0.441. The van der Waals surface area contributed by atoms with Crippen molar-refractivity contribution in [3.05, 3.63) is 30.6 Å². The molecule has 0 atom stereocenters. The first-order valence-corrected chi connectivity index (χ1v) is 7.21. The lowest BCUT2D eigenvalue weighted by Gasteiger charge is -2.03. The molecule has 0 radical (unpaired) electrons. The topological polar surface area (TPSA) is 92.0 Å². The standard InChI is InChI=1S/C12H13N5O3S/c1-18-6-4-17-8-13-15-12(17)21-7-10-14-11(16-20-10)9-3-2-5-19-9/h2-3,5,8H,4,6-7H2,1H3. The van der Waals surface area contributed by atoms with Crippen molar-refractivity contribution >= 4 is 11.8 Å². The van der Waals surface area contributed by atoms with Gasteiger partial charge in [0.15, 0.2) is 10.9 Å². The van der Waals surface area contributed by atoms with Gasteiger partial charge in [0.2, 0.25) is 11.7 Å². The number of aromatic nitrogens is 5. The van der Waals surface area contributed by atoms with Gasteiger partial charge in [0, 0.05) is 13.7 Å². The van der Waals surface area contributed by atoms with E-state index in [-0.39, 0.29) is 0 Å². The quantitative estimate of drug-likeness (QED) is 0.611. The number of hydrogen-bond acceptors (Lipinski definition) is 8. The Hall–Kier alpha value is -2.13. The van der Waals surface area contributed by atoms with Crippen molar-refractivity contribution < 1.29 is 13.7 Å². The van der Waals surface area contributed by atoms with E-state index in [1.54, 1.807) is 31.8 Å². The van der Waals surface area contributed by atoms with Gasteiger partial charge in [0.05, 0.1) is 18.6 Å². The first kappa shape index (κ1) is 13.8. The van der Waals surface area contributed by atoms with Crippen molar-refractivity contribution in [2.75, 3.05) is 13.7 Å². The largest absolute Gasteiger partial charge is 0.461 e. The van der Waals surface area contributed by atoms with E-state index in [4.69, 9.17) is 13.7 Å². The van der Waals surface area contributed by atoms with Crippen molar-refractivity contribution in [3.63, 3.8) is 0 Å². The highest BCUT2D eigenvalue weighted by Crippen LogP contribution is 2.22. The molecule has 110 valence electrons. The van der Waals surface area contributed by atoms with Crippen LogP contribution in [-0.2, 0) is 17.0 Å². The van der Waals surface area contributed by atoms with Crippen LogP contribution in [0.3, 0.4) is 0 Å². The number of furan rings is 1. The van der Waals surface area contributed by atoms with Gasteiger partial charge in [-0.3, -0.25) is 0 Å². The van der Waals surface area contributed by atoms with Gasteiger partial charge in [0.1, 0.15) is 6.33 Å². The van der Waals surface area contributed by atoms with E-state index >= 15 is 0 Å². The van der Waals surface area contributed by atoms with Crippen LogP contribution < -0.4 is 0 Å². The molecule has 3 aromatic rings. The molecule has 9 heteroatoms. The zero-order valence-corrected chi connectivity index (χ0v) is 12.1. The molecule has 3 rings (SSSR count). The molecule has 0 aliphatic heterocycles. The second-order valence-electron chi connectivity index (χ2n) is 4.08. The molecule has 0 aliphatic rings. The fourth-order valence-corrected chi connectivity index (χ4v) is 2.42. The second-order valence-corrected chi connectivity index (χ2v) is 5.02. The van der Waals surface area contributed by atoms with Gasteiger partial charge in [-0.05, 0) is 12.1 Å². The van der Waals surface area contributed by atoms with Crippen LogP contribution in [0.2, 0.25) is 0 Å². The minimum atomic E-state index is 0.441. The molecule has 0 bridgehead atoms. The summed E-state index contributed by atoms with van der Waals surface area (Å²) in [7, 11) is 1.66. The number of rotatable bonds is 7. The Kier molecular flexibility index (Phi) is 4.31. The lowest BCUT2D eigenvalue weighted by atomic mass is 10.4. The Morgan fingerprint density at radius 3 is 3.19 bits per heavy atom. The summed E-state index contributed by atoms with van der Waals surface area (Å²) < 4.78 is 17.4.